The maximum Gasteiger partial charge on any atom is 0.339 e. The first-order valence-corrected chi connectivity index (χ1v) is 11.1. The van der Waals surface area contributed by atoms with Gasteiger partial charge in [-0.15, -0.1) is 0 Å². The molecular weight excluding hydrogens is 474 g/mol. The lowest BCUT2D eigenvalue weighted by molar-refractivity contribution is -0.121. The number of primary amides is 1. The van der Waals surface area contributed by atoms with Crippen molar-refractivity contribution in [2.75, 3.05) is 33.1 Å². The fourth-order valence-electron chi connectivity index (χ4n) is 5.03. The number of fused-ring (bicyclic) bond motifs is 2. The lowest BCUT2D eigenvalue weighted by Gasteiger charge is -2.36. The van der Waals surface area contributed by atoms with Crippen molar-refractivity contribution in [2.24, 2.45) is 11.7 Å². The topological polar surface area (TPSA) is 202 Å². The van der Waals surface area contributed by atoms with E-state index in [0.29, 0.717) is 11.3 Å². The van der Waals surface area contributed by atoms with Crippen LogP contribution in [0.25, 0.3) is 0 Å². The Labute approximate surface area is 206 Å². The van der Waals surface area contributed by atoms with Crippen LogP contribution in [0.4, 0.5) is 5.69 Å². The van der Waals surface area contributed by atoms with Crippen LogP contribution >= 0.6 is 0 Å². The third-order valence-corrected chi connectivity index (χ3v) is 6.57. The average molecular weight is 504 g/mol. The number of carbonyl (C=O) groups excluding carboxylic acids is 3. The molecule has 36 heavy (non-hydrogen) atoms. The standard InChI is InChI=1S/C24H29N3O9/c1-26(2)12-7-11(24(35)36)20(31)17-10(12)5-9-6-15(30)19(27(3)4)22(33)18(23(25)34)14(29)8-13(28)16(9)21(17)32/h7,9,15,19,28,30-31,33H,5-6,8H2,1-4H3,(H2,25,34)(H,35,36)/b16-13-,22-18-/t9-,15-,19-/m0/s1. The van der Waals surface area contributed by atoms with E-state index in [1.807, 2.05) is 0 Å². The number of hydrogen-bond donors (Lipinski definition) is 6. The van der Waals surface area contributed by atoms with Gasteiger partial charge in [0, 0.05) is 25.4 Å². The van der Waals surface area contributed by atoms with Crippen LogP contribution in [0.15, 0.2) is 28.7 Å². The number of anilines is 1. The number of Topliss-reactive ketones (excluding diaryl/α,β-unsaturated/α-hetero) is 2. The van der Waals surface area contributed by atoms with Gasteiger partial charge in [0.05, 0.1) is 24.1 Å². The van der Waals surface area contributed by atoms with Crippen molar-refractivity contribution in [3.05, 3.63) is 45.4 Å². The van der Waals surface area contributed by atoms with Gasteiger partial charge in [0.25, 0.3) is 5.91 Å². The smallest absolute Gasteiger partial charge is 0.339 e. The SMILES string of the molecule is CN(C)c1cc(C(=O)O)c(O)c2c1C[C@H]1C[C@H](O)[C@H](N(C)C)/C(O)=C(/C(N)=O)C(=O)C/C(O)=C\1C2=O. The highest BCUT2D eigenvalue weighted by Gasteiger charge is 2.43. The molecule has 12 nitrogen and oxygen atoms in total. The molecule has 7 N–H and O–H groups in total. The fraction of sp³-hybridized carbons (Fsp3) is 0.417. The number of nitrogens with zero attached hydrogens (tertiary/aromatic N) is 2. The molecule has 1 aromatic rings. The Morgan fingerprint density at radius 1 is 1.08 bits per heavy atom. The summed E-state index contributed by atoms with van der Waals surface area (Å²) in [6, 6.07) is -0.00000687. The lowest BCUT2D eigenvalue weighted by atomic mass is 9.73. The summed E-state index contributed by atoms with van der Waals surface area (Å²) < 4.78 is 0. The van der Waals surface area contributed by atoms with Gasteiger partial charge in [-0.3, -0.25) is 19.3 Å². The van der Waals surface area contributed by atoms with Crippen LogP contribution in [0.5, 0.6) is 5.75 Å². The van der Waals surface area contributed by atoms with Crippen molar-refractivity contribution in [3.63, 3.8) is 0 Å². The molecule has 0 bridgehead atoms. The van der Waals surface area contributed by atoms with E-state index in [9.17, 15) is 44.7 Å². The van der Waals surface area contributed by atoms with E-state index in [1.54, 1.807) is 19.0 Å². The number of aromatic hydroxyl groups is 1. The number of rotatable bonds is 4. The number of hydrogen-bond acceptors (Lipinski definition) is 10. The Kier molecular flexibility index (Phi) is 7.14. The van der Waals surface area contributed by atoms with E-state index in [4.69, 9.17) is 5.73 Å². The Bertz CT molecular complexity index is 1230. The van der Waals surface area contributed by atoms with Crippen molar-refractivity contribution in [3.8, 4) is 5.75 Å². The van der Waals surface area contributed by atoms with Gasteiger partial charge in [0.1, 0.15) is 28.4 Å². The number of ketones is 2. The number of benzene rings is 1. The van der Waals surface area contributed by atoms with Gasteiger partial charge < -0.3 is 36.2 Å². The number of carboxylic acid groups (broad SMARTS) is 1. The largest absolute Gasteiger partial charge is 0.511 e. The van der Waals surface area contributed by atoms with Gasteiger partial charge in [-0.2, -0.15) is 0 Å². The molecule has 0 saturated heterocycles. The molecule has 3 atom stereocenters. The number of aromatic carboxylic acids is 1. The van der Waals surface area contributed by atoms with Crippen LogP contribution in [-0.4, -0.2) is 94.2 Å². The highest BCUT2D eigenvalue weighted by atomic mass is 16.4. The van der Waals surface area contributed by atoms with E-state index in [1.165, 1.54) is 25.1 Å². The number of carbonyl (C=O) groups is 4. The third kappa shape index (κ3) is 4.40. The van der Waals surface area contributed by atoms with Gasteiger partial charge in [-0.1, -0.05) is 0 Å². The van der Waals surface area contributed by atoms with Crippen LogP contribution in [0.3, 0.4) is 0 Å². The molecule has 0 fully saturated rings. The second-order valence-electron chi connectivity index (χ2n) is 9.37. The minimum absolute atomic E-state index is 0.00000905. The first-order valence-electron chi connectivity index (χ1n) is 11.1. The van der Waals surface area contributed by atoms with Crippen LogP contribution in [0.1, 0.15) is 39.1 Å². The molecule has 0 aliphatic heterocycles. The molecule has 1 amide bonds. The third-order valence-electron chi connectivity index (χ3n) is 6.57. The summed E-state index contributed by atoms with van der Waals surface area (Å²) in [7, 11) is 6.26. The van der Waals surface area contributed by atoms with Crippen LogP contribution in [-0.2, 0) is 16.0 Å². The van der Waals surface area contributed by atoms with E-state index >= 15 is 0 Å². The summed E-state index contributed by atoms with van der Waals surface area (Å²) >= 11 is 0. The van der Waals surface area contributed by atoms with Crippen LogP contribution in [0, 0.1) is 5.92 Å². The number of carboxylic acids is 1. The molecule has 2 aliphatic rings. The van der Waals surface area contributed by atoms with E-state index in [-0.39, 0.29) is 24.0 Å². The molecule has 2 aliphatic carbocycles. The predicted molar refractivity (Wildman–Crippen MR) is 127 cm³/mol. The van der Waals surface area contributed by atoms with E-state index in [0.717, 1.165) is 0 Å². The van der Waals surface area contributed by atoms with Gasteiger partial charge in [0.15, 0.2) is 11.6 Å². The molecule has 0 spiro atoms. The molecule has 1 aromatic carbocycles. The zero-order chi connectivity index (χ0) is 27.2. The highest BCUT2D eigenvalue weighted by Crippen LogP contribution is 2.44. The van der Waals surface area contributed by atoms with Crippen LogP contribution < -0.4 is 10.6 Å². The van der Waals surface area contributed by atoms with Crippen molar-refractivity contribution in [2.45, 2.75) is 31.4 Å². The van der Waals surface area contributed by atoms with E-state index in [2.05, 4.69) is 0 Å². The number of amides is 1. The van der Waals surface area contributed by atoms with Gasteiger partial charge in [-0.05, 0) is 44.5 Å². The minimum Gasteiger partial charge on any atom is -0.511 e. The summed E-state index contributed by atoms with van der Waals surface area (Å²) in [6.07, 6.45) is -2.46. The molecule has 0 heterocycles. The Morgan fingerprint density at radius 3 is 2.19 bits per heavy atom. The number of phenols is 1. The van der Waals surface area contributed by atoms with Crippen molar-refractivity contribution in [1.82, 2.24) is 4.90 Å². The van der Waals surface area contributed by atoms with Gasteiger partial charge in [-0.25, -0.2) is 4.79 Å². The molecule has 0 saturated carbocycles. The summed E-state index contributed by atoms with van der Waals surface area (Å²) in [5.74, 6) is -7.84. The summed E-state index contributed by atoms with van der Waals surface area (Å²) in [5, 5.41) is 52.9. The molecule has 0 aromatic heterocycles. The van der Waals surface area contributed by atoms with Crippen molar-refractivity contribution < 1.29 is 44.7 Å². The fourth-order valence-corrected chi connectivity index (χ4v) is 5.03. The zero-order valence-electron chi connectivity index (χ0n) is 20.3. The minimum atomic E-state index is -1.47. The average Bonchev–Trinajstić information content (AvgIpc) is 2.71. The Hall–Kier alpha value is -3.90. The molecule has 12 heteroatoms. The summed E-state index contributed by atoms with van der Waals surface area (Å²) in [4.78, 5) is 53.2. The highest BCUT2D eigenvalue weighted by molar-refractivity contribution is 6.21. The number of nitrogens with two attached hydrogens (primary N) is 1. The summed E-state index contributed by atoms with van der Waals surface area (Å²) in [5.41, 5.74) is 4.02. The first kappa shape index (κ1) is 26.7. The maximum atomic E-state index is 13.7. The molecular formula is C24H29N3O9. The lowest BCUT2D eigenvalue weighted by Crippen LogP contribution is -2.45. The molecule has 0 unspecified atom stereocenters. The molecule has 3 rings (SSSR count). The predicted octanol–water partition coefficient (Wildman–Crippen LogP) is 0.275. The Balaban J connectivity index is 2.32. The summed E-state index contributed by atoms with van der Waals surface area (Å²) in [6.45, 7) is 0. The second-order valence-corrected chi connectivity index (χ2v) is 9.37. The molecule has 194 valence electrons. The number of likely N-dealkylation sites (N-methyl/N-ethyl adjacent to an activating group) is 1. The number of aliphatic hydroxyl groups is 3. The van der Waals surface area contributed by atoms with E-state index < -0.39 is 76.3 Å². The molecule has 0 radical (unpaired) electrons. The normalized spacial score (nSPS) is 26.9. The van der Waals surface area contributed by atoms with Crippen molar-refractivity contribution >= 4 is 29.1 Å². The van der Waals surface area contributed by atoms with Crippen LogP contribution in [0.2, 0.25) is 0 Å². The number of allylic oxidation sites excluding steroid dienone is 2. The monoisotopic (exact) mass is 503 g/mol. The van der Waals surface area contributed by atoms with Gasteiger partial charge >= 0.3 is 5.97 Å². The van der Waals surface area contributed by atoms with Crippen molar-refractivity contribution in [1.29, 1.82) is 0 Å². The quantitative estimate of drug-likeness (QED) is 0.308. The Morgan fingerprint density at radius 2 is 1.69 bits per heavy atom. The first-order chi connectivity index (χ1) is 16.7. The second kappa shape index (κ2) is 9.63. The van der Waals surface area contributed by atoms with Gasteiger partial charge in [0.2, 0.25) is 0 Å². The zero-order valence-corrected chi connectivity index (χ0v) is 20.3. The maximum absolute atomic E-state index is 13.7. The number of aliphatic hydroxyl groups excluding tert-OH is 3.